The van der Waals surface area contributed by atoms with Crippen molar-refractivity contribution in [2.45, 2.75) is 11.3 Å². The Morgan fingerprint density at radius 2 is 2.14 bits per heavy atom. The van der Waals surface area contributed by atoms with Gasteiger partial charge >= 0.3 is 5.97 Å². The molecule has 1 heterocycles. The molecule has 0 saturated carbocycles. The molecule has 1 unspecified atom stereocenters. The third-order valence-electron chi connectivity index (χ3n) is 3.24. The summed E-state index contributed by atoms with van der Waals surface area (Å²) in [4.78, 5) is 19.7. The fourth-order valence-electron chi connectivity index (χ4n) is 2.17. The van der Waals surface area contributed by atoms with Crippen LogP contribution >= 0.6 is 0 Å². The van der Waals surface area contributed by atoms with Gasteiger partial charge in [-0.25, -0.2) is 12.8 Å². The van der Waals surface area contributed by atoms with Crippen LogP contribution in [0.25, 0.3) is 0 Å². The van der Waals surface area contributed by atoms with Crippen molar-refractivity contribution in [2.24, 2.45) is 5.92 Å². The van der Waals surface area contributed by atoms with Crippen LogP contribution in [0.4, 0.5) is 10.1 Å². The van der Waals surface area contributed by atoms with Gasteiger partial charge in [0.15, 0.2) is 4.90 Å². The van der Waals surface area contributed by atoms with Crippen LogP contribution in [0.2, 0.25) is 0 Å². The highest BCUT2D eigenvalue weighted by Gasteiger charge is 2.40. The largest absolute Gasteiger partial charge is 0.481 e. The van der Waals surface area contributed by atoms with Gasteiger partial charge in [-0.05, 0) is 12.5 Å². The Bertz CT molecular complexity index is 705. The predicted octanol–water partition coefficient (Wildman–Crippen LogP) is 0.829. The molecule has 1 fully saturated rings. The van der Waals surface area contributed by atoms with Crippen molar-refractivity contribution >= 4 is 21.7 Å². The van der Waals surface area contributed by atoms with Crippen molar-refractivity contribution in [3.8, 4) is 0 Å². The predicted molar refractivity (Wildman–Crippen MR) is 67.6 cm³/mol. The summed E-state index contributed by atoms with van der Waals surface area (Å²) >= 11 is 0. The van der Waals surface area contributed by atoms with Gasteiger partial charge in [-0.3, -0.25) is 14.9 Å². The quantitative estimate of drug-likeness (QED) is 0.649. The van der Waals surface area contributed by atoms with Gasteiger partial charge in [0, 0.05) is 19.2 Å². The van der Waals surface area contributed by atoms with Gasteiger partial charge in [-0.2, -0.15) is 4.31 Å². The second-order valence-electron chi connectivity index (χ2n) is 4.53. The van der Waals surface area contributed by atoms with Gasteiger partial charge in [0.1, 0.15) is 5.82 Å². The monoisotopic (exact) mass is 318 g/mol. The van der Waals surface area contributed by atoms with Crippen LogP contribution in [-0.2, 0) is 14.8 Å². The minimum atomic E-state index is -4.46. The Morgan fingerprint density at radius 3 is 2.67 bits per heavy atom. The molecular weight excluding hydrogens is 307 g/mol. The van der Waals surface area contributed by atoms with Gasteiger partial charge in [0.25, 0.3) is 15.7 Å². The third-order valence-corrected chi connectivity index (χ3v) is 5.17. The van der Waals surface area contributed by atoms with Crippen LogP contribution in [0.15, 0.2) is 23.1 Å². The average Bonchev–Trinajstić information content (AvgIpc) is 2.88. The fraction of sp³-hybridized carbons (Fsp3) is 0.364. The lowest BCUT2D eigenvalue weighted by Gasteiger charge is -2.16. The molecule has 0 aromatic heterocycles. The molecule has 10 heteroatoms. The van der Waals surface area contributed by atoms with Crippen LogP contribution in [0, 0.1) is 21.8 Å². The van der Waals surface area contributed by atoms with E-state index in [1.54, 1.807) is 0 Å². The Morgan fingerprint density at radius 1 is 1.48 bits per heavy atom. The van der Waals surface area contributed by atoms with E-state index in [1.807, 2.05) is 0 Å². The van der Waals surface area contributed by atoms with Gasteiger partial charge < -0.3 is 5.11 Å². The molecule has 0 radical (unpaired) electrons. The number of carboxylic acids is 1. The van der Waals surface area contributed by atoms with Crippen molar-refractivity contribution < 1.29 is 27.6 Å². The molecule has 0 amide bonds. The molecule has 8 nitrogen and oxygen atoms in total. The average molecular weight is 318 g/mol. The Kier molecular flexibility index (Phi) is 3.92. The Balaban J connectivity index is 2.47. The number of aliphatic carboxylic acids is 1. The molecule has 114 valence electrons. The zero-order valence-electron chi connectivity index (χ0n) is 10.6. The van der Waals surface area contributed by atoms with Crippen LogP contribution in [0.3, 0.4) is 0 Å². The molecule has 21 heavy (non-hydrogen) atoms. The summed E-state index contributed by atoms with van der Waals surface area (Å²) in [5.74, 6) is -3.29. The Labute approximate surface area is 119 Å². The second-order valence-corrected chi connectivity index (χ2v) is 6.41. The lowest BCUT2D eigenvalue weighted by Crippen LogP contribution is -2.31. The molecule has 0 aliphatic carbocycles. The first-order chi connectivity index (χ1) is 9.75. The van der Waals surface area contributed by atoms with E-state index in [9.17, 15) is 27.7 Å². The van der Waals surface area contributed by atoms with E-state index in [0.717, 1.165) is 22.5 Å². The van der Waals surface area contributed by atoms with Crippen molar-refractivity contribution in [3.63, 3.8) is 0 Å². The summed E-state index contributed by atoms with van der Waals surface area (Å²) in [5, 5.41) is 19.7. The molecule has 2 rings (SSSR count). The molecular formula is C11H11FN2O6S. The Hall–Kier alpha value is -2.07. The summed E-state index contributed by atoms with van der Waals surface area (Å²) in [6.45, 7) is -0.450. The molecule has 1 aromatic rings. The highest BCUT2D eigenvalue weighted by Crippen LogP contribution is 2.32. The lowest BCUT2D eigenvalue weighted by molar-refractivity contribution is -0.388. The first-order valence-electron chi connectivity index (χ1n) is 5.91. The number of hydrogen-bond donors (Lipinski definition) is 1. The molecule has 1 N–H and O–H groups in total. The molecule has 1 aliphatic heterocycles. The molecule has 0 bridgehead atoms. The van der Waals surface area contributed by atoms with E-state index in [0.29, 0.717) is 0 Å². The van der Waals surface area contributed by atoms with Crippen molar-refractivity contribution in [1.82, 2.24) is 4.31 Å². The van der Waals surface area contributed by atoms with E-state index in [4.69, 9.17) is 5.11 Å². The number of nitrogens with zero attached hydrogens (tertiary/aromatic N) is 2. The van der Waals surface area contributed by atoms with Crippen molar-refractivity contribution in [1.29, 1.82) is 0 Å². The topological polar surface area (TPSA) is 118 Å². The highest BCUT2D eigenvalue weighted by atomic mass is 32.2. The molecule has 0 spiro atoms. The highest BCUT2D eigenvalue weighted by molar-refractivity contribution is 7.89. The maximum absolute atomic E-state index is 13.8. The van der Waals surface area contributed by atoms with Gasteiger partial charge in [0.05, 0.1) is 10.8 Å². The minimum Gasteiger partial charge on any atom is -0.481 e. The molecule has 1 aliphatic rings. The number of sulfonamides is 1. The van der Waals surface area contributed by atoms with E-state index < -0.39 is 43.2 Å². The van der Waals surface area contributed by atoms with Crippen molar-refractivity contribution in [3.05, 3.63) is 34.1 Å². The number of halogens is 1. The van der Waals surface area contributed by atoms with E-state index in [1.165, 1.54) is 0 Å². The SMILES string of the molecule is O=C(O)C1CCN(S(=O)(=O)c2c(F)cccc2[N+](=O)[O-])C1. The minimum absolute atomic E-state index is 0.0802. The number of nitro groups is 1. The van der Waals surface area contributed by atoms with E-state index in [-0.39, 0.29) is 19.5 Å². The van der Waals surface area contributed by atoms with Gasteiger partial charge in [0.2, 0.25) is 0 Å². The zero-order chi connectivity index (χ0) is 15.8. The smallest absolute Gasteiger partial charge is 0.307 e. The number of rotatable bonds is 4. The molecule has 1 atom stereocenters. The second kappa shape index (κ2) is 5.37. The van der Waals surface area contributed by atoms with Crippen LogP contribution < -0.4 is 0 Å². The summed E-state index contributed by atoms with van der Waals surface area (Å²) in [5.41, 5.74) is -0.867. The molecule has 1 saturated heterocycles. The normalized spacial score (nSPS) is 19.6. The zero-order valence-corrected chi connectivity index (χ0v) is 11.4. The third kappa shape index (κ3) is 2.72. The summed E-state index contributed by atoms with van der Waals surface area (Å²) in [7, 11) is -4.46. The first-order valence-corrected chi connectivity index (χ1v) is 7.35. The number of carboxylic acid groups (broad SMARTS) is 1. The van der Waals surface area contributed by atoms with Crippen LogP contribution in [0.5, 0.6) is 0 Å². The summed E-state index contributed by atoms with van der Waals surface area (Å²) in [6.07, 6.45) is 0.0802. The maximum atomic E-state index is 13.8. The van der Waals surface area contributed by atoms with E-state index in [2.05, 4.69) is 0 Å². The standard InChI is InChI=1S/C11H11FN2O6S/c12-8-2-1-3-9(14(17)18)10(8)21(19,20)13-5-4-7(6-13)11(15)16/h1-3,7H,4-6H2,(H,15,16). The number of hydrogen-bond acceptors (Lipinski definition) is 5. The van der Waals surface area contributed by atoms with Gasteiger partial charge in [-0.15, -0.1) is 0 Å². The van der Waals surface area contributed by atoms with E-state index >= 15 is 0 Å². The number of carbonyl (C=O) groups is 1. The maximum Gasteiger partial charge on any atom is 0.307 e. The fourth-order valence-corrected chi connectivity index (χ4v) is 3.88. The lowest BCUT2D eigenvalue weighted by atomic mass is 10.1. The first kappa shape index (κ1) is 15.3. The number of benzene rings is 1. The summed E-state index contributed by atoms with van der Waals surface area (Å²) in [6, 6.07) is 2.74. The van der Waals surface area contributed by atoms with Crippen molar-refractivity contribution in [2.75, 3.05) is 13.1 Å². The summed E-state index contributed by atoms with van der Waals surface area (Å²) < 4.78 is 39.2. The number of nitro benzene ring substituents is 1. The van der Waals surface area contributed by atoms with Crippen LogP contribution in [0.1, 0.15) is 6.42 Å². The molecule has 1 aromatic carbocycles. The van der Waals surface area contributed by atoms with Gasteiger partial charge in [-0.1, -0.05) is 6.07 Å². The van der Waals surface area contributed by atoms with Crippen LogP contribution in [-0.4, -0.2) is 41.8 Å².